The van der Waals surface area contributed by atoms with E-state index in [-0.39, 0.29) is 37.2 Å². The van der Waals surface area contributed by atoms with Gasteiger partial charge in [0.2, 0.25) is 0 Å². The third-order valence-corrected chi connectivity index (χ3v) is 15.9. The Bertz CT molecular complexity index is 1300. The first kappa shape index (κ1) is 44.7. The molecule has 57 heavy (non-hydrogen) atoms. The third kappa shape index (κ3) is 13.6. The van der Waals surface area contributed by atoms with Crippen LogP contribution in [0.5, 0.6) is 0 Å². The van der Waals surface area contributed by atoms with Crippen LogP contribution in [0, 0.1) is 70.6 Å². The van der Waals surface area contributed by atoms with Crippen molar-refractivity contribution < 1.29 is 22.3 Å². The van der Waals surface area contributed by atoms with E-state index in [1.54, 1.807) is 0 Å². The van der Waals surface area contributed by atoms with Gasteiger partial charge in [0, 0.05) is 24.0 Å². The van der Waals surface area contributed by atoms with Gasteiger partial charge in [-0.15, -0.1) is 0 Å². The summed E-state index contributed by atoms with van der Waals surface area (Å²) in [7, 11) is 0. The maximum absolute atomic E-state index is 15.1. The van der Waals surface area contributed by atoms with Crippen molar-refractivity contribution in [2.24, 2.45) is 47.3 Å². The van der Waals surface area contributed by atoms with Crippen LogP contribution in [0.2, 0.25) is 0 Å². The lowest BCUT2D eigenvalue weighted by molar-refractivity contribution is 0.137. The van der Waals surface area contributed by atoms with Crippen LogP contribution in [-0.2, 0) is 30.4 Å². The Morgan fingerprint density at radius 2 is 0.684 bits per heavy atom. The summed E-state index contributed by atoms with van der Waals surface area (Å²) in [6, 6.07) is 6.00. The van der Waals surface area contributed by atoms with Gasteiger partial charge in [-0.05, 0) is 160 Å². The highest BCUT2D eigenvalue weighted by Crippen LogP contribution is 2.44. The van der Waals surface area contributed by atoms with E-state index in [9.17, 15) is 0 Å². The fourth-order valence-electron chi connectivity index (χ4n) is 12.0. The number of benzene rings is 2. The summed E-state index contributed by atoms with van der Waals surface area (Å²) in [6.45, 7) is 4.79. The van der Waals surface area contributed by atoms with Crippen molar-refractivity contribution in [3.63, 3.8) is 0 Å². The molecule has 0 aromatic heterocycles. The molecule has 6 rings (SSSR count). The van der Waals surface area contributed by atoms with Crippen LogP contribution in [-0.4, -0.2) is 13.2 Å². The van der Waals surface area contributed by atoms with Gasteiger partial charge in [0.05, 0.1) is 13.2 Å². The van der Waals surface area contributed by atoms with Gasteiger partial charge in [0.1, 0.15) is 23.3 Å². The predicted octanol–water partition coefficient (Wildman–Crippen LogP) is 15.5. The summed E-state index contributed by atoms with van der Waals surface area (Å²) < 4.78 is 65.9. The van der Waals surface area contributed by atoms with Gasteiger partial charge in [-0.2, -0.15) is 0 Å². The summed E-state index contributed by atoms with van der Waals surface area (Å²) in [5.41, 5.74) is 1.52. The quantitative estimate of drug-likeness (QED) is 0.0958. The predicted molar refractivity (Wildman–Crippen MR) is 228 cm³/mol. The van der Waals surface area contributed by atoms with Crippen LogP contribution in [0.15, 0.2) is 24.3 Å². The molecule has 4 aliphatic rings. The highest BCUT2D eigenvalue weighted by Gasteiger charge is 2.32. The topological polar surface area (TPSA) is 9.23 Å². The zero-order valence-corrected chi connectivity index (χ0v) is 36.1. The first-order chi connectivity index (χ1) is 27.8. The van der Waals surface area contributed by atoms with Crippen LogP contribution in [0.1, 0.15) is 190 Å². The molecule has 0 bridgehead atoms. The molecule has 1 nitrogen and oxygen atoms in total. The summed E-state index contributed by atoms with van der Waals surface area (Å²) in [4.78, 5) is 0. The van der Waals surface area contributed by atoms with Gasteiger partial charge in [-0.3, -0.25) is 0 Å². The van der Waals surface area contributed by atoms with Crippen LogP contribution in [0.4, 0.5) is 17.6 Å². The SMILES string of the molecule is CCCCC1CCC(C2CCC(CCc3cc(F)c(CCOCCc4c(F)cc(CCC5CCC(C6CCC(CCCC)CC6)CC5)cc4F)c(F)c3)CC2)CC1. The van der Waals surface area contributed by atoms with Crippen molar-refractivity contribution in [2.75, 3.05) is 13.2 Å². The van der Waals surface area contributed by atoms with E-state index in [1.165, 1.54) is 166 Å². The lowest BCUT2D eigenvalue weighted by Crippen LogP contribution is -2.26. The second-order valence-electron chi connectivity index (χ2n) is 19.7. The lowest BCUT2D eigenvalue weighted by atomic mass is 9.68. The second kappa shape index (κ2) is 23.2. The molecule has 4 saturated carbocycles. The fourth-order valence-corrected chi connectivity index (χ4v) is 12.0. The van der Waals surface area contributed by atoms with E-state index >= 15 is 17.6 Å². The Kier molecular flexibility index (Phi) is 18.2. The molecule has 2 aromatic carbocycles. The standard InChI is InChI=1S/C52H78F4O/c1-3-5-7-37-13-21-43(22-14-37)45-25-17-39(18-26-45)9-11-41-33-49(53)47(50(54)34-41)29-31-57-32-30-48-51(55)35-42(36-52(48)56)12-10-40-19-27-46(28-20-40)44-23-15-38(16-24-44)8-6-4-2/h33-40,43-46H,3-32H2,1-2H3. The first-order valence-corrected chi connectivity index (χ1v) is 24.3. The van der Waals surface area contributed by atoms with E-state index in [2.05, 4.69) is 13.8 Å². The van der Waals surface area contributed by atoms with Crippen LogP contribution >= 0.6 is 0 Å². The lowest BCUT2D eigenvalue weighted by Gasteiger charge is -2.38. The van der Waals surface area contributed by atoms with Crippen molar-refractivity contribution in [3.05, 3.63) is 69.8 Å². The monoisotopic (exact) mass is 795 g/mol. The van der Waals surface area contributed by atoms with E-state index in [0.717, 1.165) is 59.5 Å². The molecule has 320 valence electrons. The number of halogens is 4. The van der Waals surface area contributed by atoms with Crippen molar-refractivity contribution >= 4 is 0 Å². The van der Waals surface area contributed by atoms with Gasteiger partial charge in [-0.25, -0.2) is 17.6 Å². The minimum atomic E-state index is -0.521. The Morgan fingerprint density at radius 1 is 0.404 bits per heavy atom. The van der Waals surface area contributed by atoms with Crippen LogP contribution < -0.4 is 0 Å². The van der Waals surface area contributed by atoms with Gasteiger partial charge in [-0.1, -0.05) is 104 Å². The minimum Gasteiger partial charge on any atom is -0.381 e. The zero-order valence-electron chi connectivity index (χ0n) is 36.1. The fraction of sp³-hybridized carbons (Fsp3) is 0.769. The number of ether oxygens (including phenoxy) is 1. The van der Waals surface area contributed by atoms with Crippen molar-refractivity contribution in [2.45, 2.75) is 194 Å². The second-order valence-corrected chi connectivity index (χ2v) is 19.7. The number of aryl methyl sites for hydroxylation is 2. The van der Waals surface area contributed by atoms with Crippen molar-refractivity contribution in [1.82, 2.24) is 0 Å². The summed E-state index contributed by atoms with van der Waals surface area (Å²) in [6.07, 6.45) is 33.5. The first-order valence-electron chi connectivity index (χ1n) is 24.3. The molecule has 0 spiro atoms. The van der Waals surface area contributed by atoms with Crippen LogP contribution in [0.25, 0.3) is 0 Å². The largest absolute Gasteiger partial charge is 0.381 e. The highest BCUT2D eigenvalue weighted by molar-refractivity contribution is 5.28. The molecule has 0 unspecified atom stereocenters. The Labute approximate surface area is 345 Å². The number of unbranched alkanes of at least 4 members (excludes halogenated alkanes) is 2. The van der Waals surface area contributed by atoms with E-state index in [0.29, 0.717) is 24.7 Å². The van der Waals surface area contributed by atoms with E-state index in [4.69, 9.17) is 4.74 Å². The summed E-state index contributed by atoms with van der Waals surface area (Å²) in [5, 5.41) is 0. The number of hydrogen-bond donors (Lipinski definition) is 0. The molecule has 0 heterocycles. The van der Waals surface area contributed by atoms with E-state index < -0.39 is 23.3 Å². The smallest absolute Gasteiger partial charge is 0.129 e. The molecule has 0 radical (unpaired) electrons. The maximum Gasteiger partial charge on any atom is 0.129 e. The van der Waals surface area contributed by atoms with Gasteiger partial charge < -0.3 is 4.74 Å². The van der Waals surface area contributed by atoms with Crippen LogP contribution in [0.3, 0.4) is 0 Å². The minimum absolute atomic E-state index is 0.0313. The molecular weight excluding hydrogens is 717 g/mol. The zero-order chi connectivity index (χ0) is 40.0. The summed E-state index contributed by atoms with van der Waals surface area (Å²) >= 11 is 0. The van der Waals surface area contributed by atoms with E-state index in [1.807, 2.05) is 0 Å². The molecule has 0 atom stereocenters. The summed E-state index contributed by atoms with van der Waals surface area (Å²) in [5.74, 6) is 4.74. The average Bonchev–Trinajstić information content (AvgIpc) is 3.23. The molecule has 0 saturated heterocycles. The number of rotatable bonds is 20. The van der Waals surface area contributed by atoms with Gasteiger partial charge >= 0.3 is 0 Å². The van der Waals surface area contributed by atoms with Crippen molar-refractivity contribution in [3.8, 4) is 0 Å². The molecular formula is C52H78F4O. The van der Waals surface area contributed by atoms with Gasteiger partial charge in [0.25, 0.3) is 0 Å². The van der Waals surface area contributed by atoms with Crippen molar-refractivity contribution in [1.29, 1.82) is 0 Å². The Morgan fingerprint density at radius 3 is 0.965 bits per heavy atom. The molecule has 4 aliphatic carbocycles. The van der Waals surface area contributed by atoms with Gasteiger partial charge in [0.15, 0.2) is 0 Å². The maximum atomic E-state index is 15.1. The molecule has 0 N–H and O–H groups in total. The number of hydrogen-bond acceptors (Lipinski definition) is 1. The molecule has 4 fully saturated rings. The molecule has 0 aliphatic heterocycles. The third-order valence-electron chi connectivity index (χ3n) is 15.9. The molecule has 0 amide bonds. The Hall–Kier alpha value is -1.88. The molecule has 5 heteroatoms. The Balaban J connectivity index is 0.842. The molecule has 2 aromatic rings. The normalized spacial score (nSPS) is 28.5. The highest BCUT2D eigenvalue weighted by atomic mass is 19.1. The average molecular weight is 795 g/mol.